The van der Waals surface area contributed by atoms with Crippen molar-refractivity contribution in [2.45, 2.75) is 6.92 Å². The molecule has 0 aliphatic heterocycles. The molecule has 0 spiro atoms. The van der Waals surface area contributed by atoms with Gasteiger partial charge in [-0.2, -0.15) is 8.42 Å². The van der Waals surface area contributed by atoms with Crippen molar-refractivity contribution in [3.8, 4) is 11.5 Å². The summed E-state index contributed by atoms with van der Waals surface area (Å²) in [6.07, 6.45) is 0. The third-order valence-corrected chi connectivity index (χ3v) is 5.39. The van der Waals surface area contributed by atoms with E-state index >= 15 is 0 Å². The van der Waals surface area contributed by atoms with Gasteiger partial charge in [0.25, 0.3) is 0 Å². The van der Waals surface area contributed by atoms with Gasteiger partial charge in [-0.15, -0.1) is 0 Å². The lowest BCUT2D eigenvalue weighted by Crippen LogP contribution is -2.35. The number of nitrogen functional groups attached to an aromatic ring is 1. The van der Waals surface area contributed by atoms with Crippen molar-refractivity contribution < 1.29 is 13.2 Å². The maximum Gasteiger partial charge on any atom is 0.323 e. The number of hydrogen-bond donors (Lipinski definition) is 2. The molecule has 0 fully saturated rings. The second-order valence-electron chi connectivity index (χ2n) is 5.78. The third-order valence-electron chi connectivity index (χ3n) is 3.85. The average molecular weight is 383 g/mol. The lowest BCUT2D eigenvalue weighted by Gasteiger charge is -2.23. The molecular formula is C20H21N3O3S. The summed E-state index contributed by atoms with van der Waals surface area (Å²) in [6.45, 7) is 2.07. The Morgan fingerprint density at radius 1 is 0.963 bits per heavy atom. The minimum atomic E-state index is -3.78. The zero-order chi connectivity index (χ0) is 19.3. The van der Waals surface area contributed by atoms with Gasteiger partial charge in [-0.25, -0.2) is 0 Å². The van der Waals surface area contributed by atoms with Crippen LogP contribution in [-0.2, 0) is 10.2 Å². The van der Waals surface area contributed by atoms with Crippen LogP contribution in [0.1, 0.15) is 6.92 Å². The maximum atomic E-state index is 12.8. The normalized spacial score (nSPS) is 11.0. The first-order valence-electron chi connectivity index (χ1n) is 8.47. The minimum Gasteiger partial charge on any atom is -0.455 e. The van der Waals surface area contributed by atoms with Gasteiger partial charge in [0.2, 0.25) is 0 Å². The molecule has 0 saturated heterocycles. The van der Waals surface area contributed by atoms with Crippen LogP contribution in [0.25, 0.3) is 0 Å². The van der Waals surface area contributed by atoms with E-state index in [4.69, 9.17) is 10.5 Å². The number of nitrogens with two attached hydrogens (primary N) is 1. The van der Waals surface area contributed by atoms with Gasteiger partial charge in [-0.05, 0) is 49.4 Å². The third kappa shape index (κ3) is 4.51. The summed E-state index contributed by atoms with van der Waals surface area (Å²) in [4.78, 5) is 0. The molecule has 3 rings (SSSR count). The Balaban J connectivity index is 1.79. The van der Waals surface area contributed by atoms with Crippen molar-refractivity contribution in [3.05, 3.63) is 78.9 Å². The number of benzene rings is 3. The van der Waals surface area contributed by atoms with Crippen LogP contribution in [0.2, 0.25) is 0 Å². The Morgan fingerprint density at radius 2 is 1.59 bits per heavy atom. The Bertz CT molecular complexity index is 993. The molecule has 0 heterocycles. The first-order valence-corrected chi connectivity index (χ1v) is 9.91. The number of hydrogen-bond acceptors (Lipinski definition) is 4. The quantitative estimate of drug-likeness (QED) is 0.598. The fraction of sp³-hybridized carbons (Fsp3) is 0.100. The average Bonchev–Trinajstić information content (AvgIpc) is 2.66. The SMILES string of the molecule is CCN(c1ccccc1)S(=O)(=O)Nc1ccc(Oc2ccccc2)c(N)c1. The van der Waals surface area contributed by atoms with Crippen molar-refractivity contribution in [3.63, 3.8) is 0 Å². The second kappa shape index (κ2) is 8.01. The molecule has 0 aliphatic carbocycles. The van der Waals surface area contributed by atoms with E-state index in [0.29, 0.717) is 35.1 Å². The molecule has 0 radical (unpaired) electrons. The molecule has 0 amide bonds. The number of nitrogens with zero attached hydrogens (tertiary/aromatic N) is 1. The summed E-state index contributed by atoms with van der Waals surface area (Å²) >= 11 is 0. The molecule has 0 saturated carbocycles. The van der Waals surface area contributed by atoms with E-state index in [-0.39, 0.29) is 0 Å². The van der Waals surface area contributed by atoms with Crippen molar-refractivity contribution >= 4 is 27.3 Å². The van der Waals surface area contributed by atoms with E-state index in [0.717, 1.165) is 0 Å². The summed E-state index contributed by atoms with van der Waals surface area (Å²) < 4.78 is 35.1. The van der Waals surface area contributed by atoms with E-state index in [9.17, 15) is 8.42 Å². The van der Waals surface area contributed by atoms with Gasteiger partial charge in [-0.1, -0.05) is 36.4 Å². The van der Waals surface area contributed by atoms with Crippen LogP contribution in [0, 0.1) is 0 Å². The largest absolute Gasteiger partial charge is 0.455 e. The van der Waals surface area contributed by atoms with Crippen LogP contribution >= 0.6 is 0 Å². The molecule has 27 heavy (non-hydrogen) atoms. The van der Waals surface area contributed by atoms with Gasteiger partial charge >= 0.3 is 10.2 Å². The van der Waals surface area contributed by atoms with Crippen LogP contribution in [0.5, 0.6) is 11.5 Å². The van der Waals surface area contributed by atoms with Gasteiger partial charge in [0, 0.05) is 6.54 Å². The Morgan fingerprint density at radius 3 is 2.19 bits per heavy atom. The first-order chi connectivity index (χ1) is 13.0. The standard InChI is InChI=1S/C20H21N3O3S/c1-2-23(17-9-5-3-6-10-17)27(24,25)22-16-13-14-20(19(21)15-16)26-18-11-7-4-8-12-18/h3-15,22H,2,21H2,1H3. The van der Waals surface area contributed by atoms with Gasteiger partial charge in [0.15, 0.2) is 0 Å². The van der Waals surface area contributed by atoms with Crippen molar-refractivity contribution in [1.29, 1.82) is 0 Å². The number of para-hydroxylation sites is 2. The van der Waals surface area contributed by atoms with Crippen molar-refractivity contribution in [2.24, 2.45) is 0 Å². The molecule has 0 unspecified atom stereocenters. The second-order valence-corrected chi connectivity index (χ2v) is 7.37. The first kappa shape index (κ1) is 18.6. The molecular weight excluding hydrogens is 362 g/mol. The molecule has 3 N–H and O–H groups in total. The van der Waals surface area contributed by atoms with Crippen molar-refractivity contribution in [1.82, 2.24) is 0 Å². The molecule has 0 bridgehead atoms. The highest BCUT2D eigenvalue weighted by Crippen LogP contribution is 2.30. The highest BCUT2D eigenvalue weighted by atomic mass is 32.2. The molecule has 0 aromatic heterocycles. The number of ether oxygens (including phenoxy) is 1. The van der Waals surface area contributed by atoms with Crippen LogP contribution < -0.4 is 19.5 Å². The fourth-order valence-electron chi connectivity index (χ4n) is 2.61. The zero-order valence-electron chi connectivity index (χ0n) is 14.9. The van der Waals surface area contributed by atoms with E-state index < -0.39 is 10.2 Å². The number of rotatable bonds is 7. The summed E-state index contributed by atoms with van der Waals surface area (Å²) in [5.74, 6) is 1.11. The zero-order valence-corrected chi connectivity index (χ0v) is 15.7. The molecule has 6 nitrogen and oxygen atoms in total. The molecule has 3 aromatic rings. The Labute approximate surface area is 159 Å². The van der Waals surface area contributed by atoms with Gasteiger partial charge in [0.1, 0.15) is 11.5 Å². The monoisotopic (exact) mass is 383 g/mol. The van der Waals surface area contributed by atoms with Crippen LogP contribution in [-0.4, -0.2) is 15.0 Å². The van der Waals surface area contributed by atoms with Gasteiger partial charge in [0.05, 0.1) is 17.1 Å². The highest BCUT2D eigenvalue weighted by molar-refractivity contribution is 7.94. The number of nitrogens with one attached hydrogen (secondary N) is 1. The summed E-state index contributed by atoms with van der Waals surface area (Å²) in [7, 11) is -3.78. The van der Waals surface area contributed by atoms with Crippen LogP contribution in [0.4, 0.5) is 17.1 Å². The Hall–Kier alpha value is -3.19. The van der Waals surface area contributed by atoms with E-state index in [1.807, 2.05) is 36.4 Å². The maximum absolute atomic E-state index is 12.8. The minimum absolute atomic E-state index is 0.296. The predicted octanol–water partition coefficient (Wildman–Crippen LogP) is 4.24. The van der Waals surface area contributed by atoms with E-state index in [1.165, 1.54) is 10.4 Å². The summed E-state index contributed by atoms with van der Waals surface area (Å²) in [6, 6.07) is 22.9. The molecule has 3 aromatic carbocycles. The van der Waals surface area contributed by atoms with Crippen LogP contribution in [0.15, 0.2) is 78.9 Å². The Kier molecular flexibility index (Phi) is 5.52. The topological polar surface area (TPSA) is 84.7 Å². The van der Waals surface area contributed by atoms with Gasteiger partial charge < -0.3 is 10.5 Å². The lowest BCUT2D eigenvalue weighted by molar-refractivity contribution is 0.485. The van der Waals surface area contributed by atoms with E-state index in [1.54, 1.807) is 43.3 Å². The van der Waals surface area contributed by atoms with Gasteiger partial charge in [-0.3, -0.25) is 9.03 Å². The fourth-order valence-corrected chi connectivity index (χ4v) is 3.88. The van der Waals surface area contributed by atoms with Crippen LogP contribution in [0.3, 0.4) is 0 Å². The predicted molar refractivity (Wildman–Crippen MR) is 109 cm³/mol. The lowest BCUT2D eigenvalue weighted by atomic mass is 10.2. The molecule has 140 valence electrons. The summed E-state index contributed by atoms with van der Waals surface area (Å²) in [5.41, 5.74) is 7.32. The highest BCUT2D eigenvalue weighted by Gasteiger charge is 2.21. The molecule has 7 heteroatoms. The van der Waals surface area contributed by atoms with Crippen molar-refractivity contribution in [2.75, 3.05) is 21.3 Å². The molecule has 0 atom stereocenters. The summed E-state index contributed by atoms with van der Waals surface area (Å²) in [5, 5.41) is 0. The molecule has 0 aliphatic rings. The number of anilines is 3. The van der Waals surface area contributed by atoms with E-state index in [2.05, 4.69) is 4.72 Å². The smallest absolute Gasteiger partial charge is 0.323 e.